The van der Waals surface area contributed by atoms with E-state index in [1.165, 1.54) is 11.1 Å². The van der Waals surface area contributed by atoms with E-state index in [1.54, 1.807) is 7.11 Å². The molecule has 0 bridgehead atoms. The molecule has 2 aromatic rings. The number of aromatic nitrogens is 3. The summed E-state index contributed by atoms with van der Waals surface area (Å²) in [4.78, 5) is 0. The molecule has 5 heteroatoms. The number of benzene rings is 1. The van der Waals surface area contributed by atoms with Gasteiger partial charge in [0.25, 0.3) is 0 Å². The Balaban J connectivity index is 1.85. The van der Waals surface area contributed by atoms with Gasteiger partial charge in [-0.3, -0.25) is 0 Å². The van der Waals surface area contributed by atoms with Crippen LogP contribution in [-0.2, 0) is 24.2 Å². The molecule has 1 N–H and O–H groups in total. The Kier molecular flexibility index (Phi) is 5.70. The van der Waals surface area contributed by atoms with Gasteiger partial charge in [-0.05, 0) is 17.5 Å². The van der Waals surface area contributed by atoms with Crippen LogP contribution in [0.2, 0.25) is 0 Å². The lowest BCUT2D eigenvalue weighted by atomic mass is 10.1. The number of nitrogens with one attached hydrogen (secondary N) is 1. The first-order chi connectivity index (χ1) is 9.81. The summed E-state index contributed by atoms with van der Waals surface area (Å²) in [6.45, 7) is 5.17. The van der Waals surface area contributed by atoms with Gasteiger partial charge in [0, 0.05) is 20.2 Å². The van der Waals surface area contributed by atoms with Crippen molar-refractivity contribution in [3.05, 3.63) is 47.3 Å². The maximum Gasteiger partial charge on any atom is 0.0964 e. The molecule has 0 fully saturated rings. The highest BCUT2D eigenvalue weighted by Gasteiger charge is 2.01. The molecule has 1 aromatic heterocycles. The molecule has 0 saturated heterocycles. The van der Waals surface area contributed by atoms with Crippen LogP contribution in [0.3, 0.4) is 0 Å². The fourth-order valence-corrected chi connectivity index (χ4v) is 1.95. The minimum atomic E-state index is 0.706. The van der Waals surface area contributed by atoms with Gasteiger partial charge in [0.2, 0.25) is 0 Å². The zero-order chi connectivity index (χ0) is 14.2. The summed E-state index contributed by atoms with van der Waals surface area (Å²) in [5, 5.41) is 11.6. The zero-order valence-corrected chi connectivity index (χ0v) is 12.2. The summed E-state index contributed by atoms with van der Waals surface area (Å²) in [5.74, 6) is 0. The van der Waals surface area contributed by atoms with Crippen LogP contribution >= 0.6 is 0 Å². The van der Waals surface area contributed by atoms with Crippen molar-refractivity contribution in [3.63, 3.8) is 0 Å². The van der Waals surface area contributed by atoms with E-state index in [2.05, 4.69) is 46.8 Å². The SMILES string of the molecule is CCc1ccc(Cn2cc(CNCCOC)nn2)cc1. The first-order valence-electron chi connectivity index (χ1n) is 6.98. The Labute approximate surface area is 120 Å². The van der Waals surface area contributed by atoms with E-state index in [0.717, 1.165) is 31.7 Å². The van der Waals surface area contributed by atoms with E-state index >= 15 is 0 Å². The van der Waals surface area contributed by atoms with E-state index in [0.29, 0.717) is 6.61 Å². The summed E-state index contributed by atoms with van der Waals surface area (Å²) in [6.07, 6.45) is 3.05. The number of aryl methyl sites for hydroxylation is 1. The second-order valence-corrected chi connectivity index (χ2v) is 4.75. The fourth-order valence-electron chi connectivity index (χ4n) is 1.95. The minimum Gasteiger partial charge on any atom is -0.383 e. The molecule has 0 aliphatic heterocycles. The van der Waals surface area contributed by atoms with Crippen molar-refractivity contribution in [2.75, 3.05) is 20.3 Å². The lowest BCUT2D eigenvalue weighted by molar-refractivity contribution is 0.199. The van der Waals surface area contributed by atoms with Crippen LogP contribution in [0.4, 0.5) is 0 Å². The Morgan fingerprint density at radius 2 is 1.95 bits per heavy atom. The molecule has 0 aliphatic carbocycles. The lowest BCUT2D eigenvalue weighted by Crippen LogP contribution is -2.18. The molecule has 0 atom stereocenters. The molecule has 0 saturated carbocycles. The largest absolute Gasteiger partial charge is 0.383 e. The number of hydrogen-bond donors (Lipinski definition) is 1. The minimum absolute atomic E-state index is 0.706. The topological polar surface area (TPSA) is 52.0 Å². The van der Waals surface area contributed by atoms with Gasteiger partial charge >= 0.3 is 0 Å². The molecule has 0 amide bonds. The Bertz CT molecular complexity index is 507. The Morgan fingerprint density at radius 1 is 1.20 bits per heavy atom. The fraction of sp³-hybridized carbons (Fsp3) is 0.467. The van der Waals surface area contributed by atoms with Crippen molar-refractivity contribution < 1.29 is 4.74 Å². The maximum absolute atomic E-state index is 4.98. The summed E-state index contributed by atoms with van der Waals surface area (Å²) >= 11 is 0. The van der Waals surface area contributed by atoms with Crippen molar-refractivity contribution in [1.82, 2.24) is 20.3 Å². The molecule has 2 rings (SSSR count). The zero-order valence-electron chi connectivity index (χ0n) is 12.2. The number of methoxy groups -OCH3 is 1. The molecule has 0 radical (unpaired) electrons. The average molecular weight is 274 g/mol. The second-order valence-electron chi connectivity index (χ2n) is 4.75. The molecular formula is C15H22N4O. The van der Waals surface area contributed by atoms with E-state index in [4.69, 9.17) is 4.74 Å². The summed E-state index contributed by atoms with van der Waals surface area (Å²) in [6, 6.07) is 8.63. The van der Waals surface area contributed by atoms with Crippen LogP contribution in [-0.4, -0.2) is 35.3 Å². The summed E-state index contributed by atoms with van der Waals surface area (Å²) in [7, 11) is 1.70. The third-order valence-electron chi connectivity index (χ3n) is 3.15. The van der Waals surface area contributed by atoms with Gasteiger partial charge < -0.3 is 10.1 Å². The van der Waals surface area contributed by atoms with Crippen molar-refractivity contribution in [1.29, 1.82) is 0 Å². The molecule has 20 heavy (non-hydrogen) atoms. The standard InChI is InChI=1S/C15H22N4O/c1-3-13-4-6-14(7-5-13)11-19-12-15(17-18-19)10-16-8-9-20-2/h4-7,12,16H,3,8-11H2,1-2H3. The van der Waals surface area contributed by atoms with E-state index in [1.807, 2.05) is 10.9 Å². The Morgan fingerprint density at radius 3 is 2.65 bits per heavy atom. The molecule has 1 aromatic carbocycles. The Hall–Kier alpha value is -1.72. The van der Waals surface area contributed by atoms with E-state index < -0.39 is 0 Å². The van der Waals surface area contributed by atoms with E-state index in [-0.39, 0.29) is 0 Å². The van der Waals surface area contributed by atoms with Crippen LogP contribution in [0.5, 0.6) is 0 Å². The summed E-state index contributed by atoms with van der Waals surface area (Å²) < 4.78 is 6.85. The highest BCUT2D eigenvalue weighted by Crippen LogP contribution is 2.06. The normalized spacial score (nSPS) is 10.9. The number of hydrogen-bond acceptors (Lipinski definition) is 4. The van der Waals surface area contributed by atoms with Crippen molar-refractivity contribution in [3.8, 4) is 0 Å². The van der Waals surface area contributed by atoms with E-state index in [9.17, 15) is 0 Å². The van der Waals surface area contributed by atoms with Crippen LogP contribution in [0, 0.1) is 0 Å². The summed E-state index contributed by atoms with van der Waals surface area (Å²) in [5.41, 5.74) is 3.55. The molecular weight excluding hydrogens is 252 g/mol. The van der Waals surface area contributed by atoms with Crippen LogP contribution in [0.15, 0.2) is 30.5 Å². The number of nitrogens with zero attached hydrogens (tertiary/aromatic N) is 3. The van der Waals surface area contributed by atoms with Gasteiger partial charge in [0.05, 0.1) is 25.0 Å². The van der Waals surface area contributed by atoms with Crippen LogP contribution < -0.4 is 5.32 Å². The highest BCUT2D eigenvalue weighted by molar-refractivity contribution is 5.22. The smallest absolute Gasteiger partial charge is 0.0964 e. The van der Waals surface area contributed by atoms with Crippen molar-refractivity contribution >= 4 is 0 Å². The molecule has 1 heterocycles. The predicted octanol–water partition coefficient (Wildman–Crippen LogP) is 1.62. The average Bonchev–Trinajstić information content (AvgIpc) is 2.92. The molecule has 0 aliphatic rings. The molecule has 0 spiro atoms. The highest BCUT2D eigenvalue weighted by atomic mass is 16.5. The first-order valence-corrected chi connectivity index (χ1v) is 6.98. The maximum atomic E-state index is 4.98. The van der Waals surface area contributed by atoms with Gasteiger partial charge in [0.15, 0.2) is 0 Å². The quantitative estimate of drug-likeness (QED) is 0.743. The molecule has 108 valence electrons. The van der Waals surface area contributed by atoms with Gasteiger partial charge in [0.1, 0.15) is 0 Å². The molecule has 5 nitrogen and oxygen atoms in total. The molecule has 0 unspecified atom stereocenters. The van der Waals surface area contributed by atoms with Gasteiger partial charge in [-0.25, -0.2) is 4.68 Å². The second kappa shape index (κ2) is 7.77. The van der Waals surface area contributed by atoms with Crippen molar-refractivity contribution in [2.45, 2.75) is 26.4 Å². The van der Waals surface area contributed by atoms with Crippen LogP contribution in [0.25, 0.3) is 0 Å². The van der Waals surface area contributed by atoms with Crippen molar-refractivity contribution in [2.24, 2.45) is 0 Å². The third-order valence-corrected chi connectivity index (χ3v) is 3.15. The third kappa shape index (κ3) is 4.43. The monoisotopic (exact) mass is 274 g/mol. The number of rotatable bonds is 8. The first kappa shape index (κ1) is 14.7. The van der Waals surface area contributed by atoms with Crippen LogP contribution in [0.1, 0.15) is 23.7 Å². The number of ether oxygens (including phenoxy) is 1. The van der Waals surface area contributed by atoms with Gasteiger partial charge in [-0.15, -0.1) is 5.10 Å². The van der Waals surface area contributed by atoms with Gasteiger partial charge in [-0.1, -0.05) is 36.4 Å². The predicted molar refractivity (Wildman–Crippen MR) is 78.5 cm³/mol. The van der Waals surface area contributed by atoms with Gasteiger partial charge in [-0.2, -0.15) is 0 Å². The lowest BCUT2D eigenvalue weighted by Gasteiger charge is -2.02.